The molecule has 2 aromatic rings. The van der Waals surface area contributed by atoms with Crippen molar-refractivity contribution in [1.82, 2.24) is 10.2 Å². The molecule has 0 aromatic heterocycles. The second-order valence-electron chi connectivity index (χ2n) is 6.61. The first-order chi connectivity index (χ1) is 13.6. The van der Waals surface area contributed by atoms with Gasteiger partial charge in [0.25, 0.3) is 6.20 Å². The monoisotopic (exact) mass is 383 g/mol. The fourth-order valence-corrected chi connectivity index (χ4v) is 3.41. The summed E-state index contributed by atoms with van der Waals surface area (Å²) >= 11 is 0. The summed E-state index contributed by atoms with van der Waals surface area (Å²) in [5, 5.41) is 14.4. The molecule has 28 heavy (non-hydrogen) atoms. The first-order valence-electron chi connectivity index (χ1n) is 9.22. The Labute approximate surface area is 164 Å². The van der Waals surface area contributed by atoms with Gasteiger partial charge in [0, 0.05) is 19.6 Å². The highest BCUT2D eigenvalue weighted by Gasteiger charge is 2.22. The molecule has 1 aliphatic heterocycles. The van der Waals surface area contributed by atoms with Gasteiger partial charge < -0.3 is 19.7 Å². The van der Waals surface area contributed by atoms with Crippen LogP contribution in [0.4, 0.5) is 0 Å². The number of hydrogen-bond donors (Lipinski definition) is 1. The van der Waals surface area contributed by atoms with Gasteiger partial charge in [-0.3, -0.25) is 10.1 Å². The summed E-state index contributed by atoms with van der Waals surface area (Å²) in [5.74, 6) is 1.90. The van der Waals surface area contributed by atoms with Crippen LogP contribution < -0.4 is 14.8 Å². The number of nitro groups is 1. The summed E-state index contributed by atoms with van der Waals surface area (Å²) in [6.45, 7) is 1.90. The zero-order valence-electron chi connectivity index (χ0n) is 16.2. The molecular weight excluding hydrogens is 358 g/mol. The maximum Gasteiger partial charge on any atom is 0.274 e. The molecule has 7 heteroatoms. The summed E-state index contributed by atoms with van der Waals surface area (Å²) in [5.41, 5.74) is 3.46. The fraction of sp³-hybridized carbons (Fsp3) is 0.333. The highest BCUT2D eigenvalue weighted by Crippen LogP contribution is 2.33. The molecule has 0 radical (unpaired) electrons. The Morgan fingerprint density at radius 2 is 1.86 bits per heavy atom. The highest BCUT2D eigenvalue weighted by molar-refractivity contribution is 5.48. The number of nitrogens with one attached hydrogen (secondary N) is 1. The van der Waals surface area contributed by atoms with Crippen molar-refractivity contribution in [2.24, 2.45) is 0 Å². The Bertz CT molecular complexity index is 852. The minimum atomic E-state index is -0.408. The highest BCUT2D eigenvalue weighted by atomic mass is 16.6. The van der Waals surface area contributed by atoms with E-state index in [1.807, 2.05) is 35.2 Å². The average Bonchev–Trinajstić information content (AvgIpc) is 2.72. The summed E-state index contributed by atoms with van der Waals surface area (Å²) in [6, 6.07) is 14.0. The van der Waals surface area contributed by atoms with Crippen LogP contribution in [0.1, 0.15) is 16.7 Å². The second kappa shape index (κ2) is 9.12. The average molecular weight is 383 g/mol. The molecule has 0 atom stereocenters. The molecule has 0 amide bonds. The number of fused-ring (bicyclic) bond motifs is 1. The normalized spacial score (nSPS) is 13.6. The van der Waals surface area contributed by atoms with E-state index in [2.05, 4.69) is 17.4 Å². The lowest BCUT2D eigenvalue weighted by Crippen LogP contribution is -2.37. The van der Waals surface area contributed by atoms with Gasteiger partial charge in [0.2, 0.25) is 0 Å². The number of ether oxygens (including phenoxy) is 2. The van der Waals surface area contributed by atoms with E-state index in [1.165, 1.54) is 11.1 Å². The summed E-state index contributed by atoms with van der Waals surface area (Å²) in [4.78, 5) is 12.7. The van der Waals surface area contributed by atoms with Crippen molar-refractivity contribution >= 4 is 0 Å². The Morgan fingerprint density at radius 1 is 1.18 bits per heavy atom. The minimum Gasteiger partial charge on any atom is -0.493 e. The Hall–Kier alpha value is -3.22. The van der Waals surface area contributed by atoms with Crippen molar-refractivity contribution in [3.63, 3.8) is 0 Å². The van der Waals surface area contributed by atoms with Crippen LogP contribution in [0.5, 0.6) is 11.5 Å². The topological polar surface area (TPSA) is 76.9 Å². The standard InChI is InChI=1S/C21H25N3O4/c1-27-19-12-17-9-11-23(14-18(17)13-20(19)28-2)21(15-24(25)26)22-10-8-16-6-4-3-5-7-16/h3-7,12-13,15,22H,8-11,14H2,1-2H3/b21-15-. The van der Waals surface area contributed by atoms with Gasteiger partial charge in [0.1, 0.15) is 0 Å². The third-order valence-corrected chi connectivity index (χ3v) is 4.85. The third kappa shape index (κ3) is 4.73. The fourth-order valence-electron chi connectivity index (χ4n) is 3.41. The van der Waals surface area contributed by atoms with Crippen LogP contribution in [0.15, 0.2) is 54.5 Å². The molecule has 2 aromatic carbocycles. The van der Waals surface area contributed by atoms with Crippen LogP contribution in [0.25, 0.3) is 0 Å². The van der Waals surface area contributed by atoms with Crippen LogP contribution in [0, 0.1) is 10.1 Å². The van der Waals surface area contributed by atoms with Crippen molar-refractivity contribution in [3.8, 4) is 11.5 Å². The van der Waals surface area contributed by atoms with Crippen molar-refractivity contribution in [3.05, 3.63) is 81.3 Å². The van der Waals surface area contributed by atoms with Gasteiger partial charge in [-0.15, -0.1) is 0 Å². The second-order valence-corrected chi connectivity index (χ2v) is 6.61. The number of methoxy groups -OCH3 is 2. The zero-order chi connectivity index (χ0) is 19.9. The van der Waals surface area contributed by atoms with E-state index in [0.717, 1.165) is 24.6 Å². The van der Waals surface area contributed by atoms with Crippen LogP contribution in [-0.2, 0) is 19.4 Å². The molecule has 0 unspecified atom stereocenters. The third-order valence-electron chi connectivity index (χ3n) is 4.85. The van der Waals surface area contributed by atoms with Gasteiger partial charge in [0.05, 0.1) is 19.1 Å². The quantitative estimate of drug-likeness (QED) is 0.558. The maximum atomic E-state index is 11.1. The van der Waals surface area contributed by atoms with Gasteiger partial charge in [-0.25, -0.2) is 0 Å². The summed E-state index contributed by atoms with van der Waals surface area (Å²) in [7, 11) is 3.22. The largest absolute Gasteiger partial charge is 0.493 e. The van der Waals surface area contributed by atoms with Crippen LogP contribution in [-0.4, -0.2) is 37.1 Å². The predicted octanol–water partition coefficient (Wildman–Crippen LogP) is 2.97. The molecule has 0 saturated carbocycles. The predicted molar refractivity (Wildman–Crippen MR) is 107 cm³/mol. The van der Waals surface area contributed by atoms with Gasteiger partial charge in [-0.05, 0) is 41.7 Å². The van der Waals surface area contributed by atoms with E-state index in [4.69, 9.17) is 9.47 Å². The molecule has 0 aliphatic carbocycles. The van der Waals surface area contributed by atoms with Crippen LogP contribution in [0.2, 0.25) is 0 Å². The first kappa shape index (κ1) is 19.5. The van der Waals surface area contributed by atoms with Gasteiger partial charge >= 0.3 is 0 Å². The number of rotatable bonds is 8. The molecule has 0 bridgehead atoms. The van der Waals surface area contributed by atoms with Crippen molar-refractivity contribution in [2.45, 2.75) is 19.4 Å². The Morgan fingerprint density at radius 3 is 2.50 bits per heavy atom. The van der Waals surface area contributed by atoms with Crippen molar-refractivity contribution < 1.29 is 14.4 Å². The van der Waals surface area contributed by atoms with Crippen LogP contribution >= 0.6 is 0 Å². The summed E-state index contributed by atoms with van der Waals surface area (Å²) < 4.78 is 10.8. The van der Waals surface area contributed by atoms with E-state index in [9.17, 15) is 10.1 Å². The Balaban J connectivity index is 1.72. The molecule has 0 spiro atoms. The Kier molecular flexibility index (Phi) is 6.37. The number of nitrogens with zero attached hydrogens (tertiary/aromatic N) is 2. The van der Waals surface area contributed by atoms with Gasteiger partial charge in [-0.2, -0.15) is 0 Å². The molecule has 1 heterocycles. The maximum absolute atomic E-state index is 11.1. The van der Waals surface area contributed by atoms with E-state index < -0.39 is 4.92 Å². The smallest absolute Gasteiger partial charge is 0.274 e. The van der Waals surface area contributed by atoms with Gasteiger partial charge in [-0.1, -0.05) is 30.3 Å². The van der Waals surface area contributed by atoms with E-state index in [1.54, 1.807) is 14.2 Å². The molecular formula is C21H25N3O4. The SMILES string of the molecule is COc1cc2c(cc1OC)CN(/C(=C\[N+](=O)[O-])NCCc1ccccc1)CC2. The molecule has 3 rings (SSSR count). The van der Waals surface area contributed by atoms with E-state index >= 15 is 0 Å². The lowest BCUT2D eigenvalue weighted by Gasteiger charge is -2.32. The molecule has 0 fully saturated rings. The van der Waals surface area contributed by atoms with Crippen LogP contribution in [0.3, 0.4) is 0 Å². The van der Waals surface area contributed by atoms with Gasteiger partial charge in [0.15, 0.2) is 17.3 Å². The van der Waals surface area contributed by atoms with Crippen molar-refractivity contribution in [2.75, 3.05) is 27.3 Å². The lowest BCUT2D eigenvalue weighted by molar-refractivity contribution is -0.404. The molecule has 1 aliphatic rings. The van der Waals surface area contributed by atoms with E-state index in [-0.39, 0.29) is 0 Å². The molecule has 0 saturated heterocycles. The van der Waals surface area contributed by atoms with Crippen molar-refractivity contribution in [1.29, 1.82) is 0 Å². The van der Waals surface area contributed by atoms with E-state index in [0.29, 0.717) is 37.0 Å². The molecule has 7 nitrogen and oxygen atoms in total. The number of hydrogen-bond acceptors (Lipinski definition) is 6. The first-order valence-corrected chi connectivity index (χ1v) is 9.22. The zero-order valence-corrected chi connectivity index (χ0v) is 16.2. The lowest BCUT2D eigenvalue weighted by atomic mass is 9.99. The minimum absolute atomic E-state index is 0.408. The number of benzene rings is 2. The molecule has 1 N–H and O–H groups in total. The molecule has 148 valence electrons. The summed E-state index contributed by atoms with van der Waals surface area (Å²) in [6.07, 6.45) is 2.63.